The monoisotopic (exact) mass is 1010 g/mol. The van der Waals surface area contributed by atoms with Gasteiger partial charge in [0.2, 0.25) is 0 Å². The lowest BCUT2D eigenvalue weighted by Gasteiger charge is -2.40. The number of allylic oxidation sites excluding steroid dienone is 8. The highest BCUT2D eigenvalue weighted by molar-refractivity contribution is 7.85. The molecule has 1 rings (SSSR count). The molecule has 0 aromatic carbocycles. The maximum atomic E-state index is 12.9. The second-order valence-electron chi connectivity index (χ2n) is 19.6. The molecule has 0 aromatic heterocycles. The summed E-state index contributed by atoms with van der Waals surface area (Å²) in [6, 6.07) is 0. The lowest BCUT2D eigenvalue weighted by Crippen LogP contribution is -2.60. The topological polar surface area (TPSA) is 186 Å². The highest BCUT2D eigenvalue weighted by atomic mass is 32.2. The Bertz CT molecular complexity index is 1460. The fourth-order valence-electron chi connectivity index (χ4n) is 8.61. The van der Waals surface area contributed by atoms with Gasteiger partial charge in [0.05, 0.1) is 6.61 Å². The van der Waals surface area contributed by atoms with Crippen LogP contribution in [0.15, 0.2) is 48.6 Å². The maximum absolute atomic E-state index is 12.9. The number of aliphatic hydroxyl groups is 3. The second kappa shape index (κ2) is 46.4. The molecule has 1 heterocycles. The van der Waals surface area contributed by atoms with Crippen LogP contribution >= 0.6 is 0 Å². The van der Waals surface area contributed by atoms with E-state index in [2.05, 4.69) is 62.5 Å². The van der Waals surface area contributed by atoms with Crippen molar-refractivity contribution in [3.8, 4) is 0 Å². The van der Waals surface area contributed by atoms with Crippen LogP contribution in [0.1, 0.15) is 245 Å². The molecule has 1 fully saturated rings. The lowest BCUT2D eigenvalue weighted by molar-refractivity contribution is -0.297. The van der Waals surface area contributed by atoms with Crippen LogP contribution in [-0.2, 0) is 38.7 Å². The van der Waals surface area contributed by atoms with Gasteiger partial charge in [-0.1, -0.05) is 229 Å². The standard InChI is InChI=1S/C57H102O12S/c1-3-5-7-9-11-13-15-17-19-21-23-24-25-26-28-29-31-33-35-37-39-41-43-45-52(58)66-47-50(48-67-57-56(62)55(61)54(60)51(69-57)49-70(63,64)65)68-53(59)46-44-42-40-38-36-34-32-30-27-22-20-18-16-14-12-10-8-6-4-2/h6,8,12,14,18,20,27,30,50-51,54-57,60-62H,3-5,7,9-11,13,15-17,19,21-26,28-29,31-49H2,1-2H3,(H,63,64,65)/b8-6-,14-12-,20-18-,30-27-. The molecule has 6 unspecified atom stereocenters. The van der Waals surface area contributed by atoms with Crippen LogP contribution < -0.4 is 0 Å². The lowest BCUT2D eigenvalue weighted by atomic mass is 10.00. The molecule has 0 amide bonds. The number of carbonyl (C=O) groups is 2. The number of hydrogen-bond acceptors (Lipinski definition) is 11. The van der Waals surface area contributed by atoms with E-state index in [4.69, 9.17) is 18.9 Å². The molecule has 4 N–H and O–H groups in total. The number of ether oxygens (including phenoxy) is 4. The predicted octanol–water partition coefficient (Wildman–Crippen LogP) is 13.5. The summed E-state index contributed by atoms with van der Waals surface area (Å²) in [4.78, 5) is 25.6. The minimum absolute atomic E-state index is 0.149. The van der Waals surface area contributed by atoms with E-state index in [1.807, 2.05) is 0 Å². The summed E-state index contributed by atoms with van der Waals surface area (Å²) < 4.78 is 54.4. The molecule has 408 valence electrons. The summed E-state index contributed by atoms with van der Waals surface area (Å²) in [6.45, 7) is 3.68. The summed E-state index contributed by atoms with van der Waals surface area (Å²) >= 11 is 0. The van der Waals surface area contributed by atoms with Gasteiger partial charge in [0, 0.05) is 12.8 Å². The molecule has 0 spiro atoms. The smallest absolute Gasteiger partial charge is 0.306 e. The maximum Gasteiger partial charge on any atom is 0.306 e. The second-order valence-corrected chi connectivity index (χ2v) is 21.1. The summed E-state index contributed by atoms with van der Waals surface area (Å²) in [5, 5.41) is 31.0. The number of rotatable bonds is 48. The molecule has 0 aromatic rings. The minimum atomic E-state index is -4.61. The highest BCUT2D eigenvalue weighted by Crippen LogP contribution is 2.24. The number of unbranched alkanes of at least 4 members (excludes halogenated alkanes) is 28. The van der Waals surface area contributed by atoms with Crippen molar-refractivity contribution in [2.75, 3.05) is 19.0 Å². The Balaban J connectivity index is 2.32. The summed E-state index contributed by atoms with van der Waals surface area (Å²) in [7, 11) is -4.61. The van der Waals surface area contributed by atoms with Gasteiger partial charge in [0.15, 0.2) is 12.4 Å². The van der Waals surface area contributed by atoms with Gasteiger partial charge in [-0.3, -0.25) is 14.1 Å². The van der Waals surface area contributed by atoms with Gasteiger partial charge in [-0.05, 0) is 51.4 Å². The molecule has 0 saturated carbocycles. The first-order valence-electron chi connectivity index (χ1n) is 28.2. The molecule has 0 bridgehead atoms. The molecule has 12 nitrogen and oxygen atoms in total. The summed E-state index contributed by atoms with van der Waals surface area (Å²) in [5.41, 5.74) is 0. The zero-order valence-electron chi connectivity index (χ0n) is 44.1. The normalized spacial score (nSPS) is 19.3. The Morgan fingerprint density at radius 2 is 0.900 bits per heavy atom. The SMILES string of the molecule is CC/C=C\C/C=C\C/C=C\C/C=C\CCCCCCCCC(=O)OC(COC(=O)CCCCCCCCCCCCCCCCCCCCCCCCC)COC1OC(CS(=O)(=O)O)C(O)C(O)C1O. The number of carbonyl (C=O) groups excluding carboxylic acids is 2. The van der Waals surface area contributed by atoms with Crippen molar-refractivity contribution < 1.29 is 56.8 Å². The van der Waals surface area contributed by atoms with E-state index in [9.17, 15) is 37.9 Å². The van der Waals surface area contributed by atoms with E-state index in [-0.39, 0.29) is 19.4 Å². The molecule has 1 aliphatic rings. The molecule has 70 heavy (non-hydrogen) atoms. The molecule has 13 heteroatoms. The third-order valence-electron chi connectivity index (χ3n) is 12.9. The molecule has 6 atom stereocenters. The first kappa shape index (κ1) is 65.6. The van der Waals surface area contributed by atoms with E-state index in [1.165, 1.54) is 122 Å². The Kier molecular flexibility index (Phi) is 43.5. The molecule has 0 aliphatic carbocycles. The quantitative estimate of drug-likeness (QED) is 0.0196. The number of hydrogen-bond donors (Lipinski definition) is 4. The van der Waals surface area contributed by atoms with Crippen LogP contribution in [0.25, 0.3) is 0 Å². The third-order valence-corrected chi connectivity index (χ3v) is 13.7. The van der Waals surface area contributed by atoms with Gasteiger partial charge < -0.3 is 34.3 Å². The molecular formula is C57H102O12S. The Hall–Kier alpha value is -2.39. The van der Waals surface area contributed by atoms with Crippen LogP contribution in [0.5, 0.6) is 0 Å². The van der Waals surface area contributed by atoms with Gasteiger partial charge in [-0.15, -0.1) is 0 Å². The predicted molar refractivity (Wildman–Crippen MR) is 284 cm³/mol. The highest BCUT2D eigenvalue weighted by Gasteiger charge is 2.46. The van der Waals surface area contributed by atoms with Crippen molar-refractivity contribution >= 4 is 22.1 Å². The molecule has 1 aliphatic heterocycles. The van der Waals surface area contributed by atoms with E-state index in [1.54, 1.807) is 0 Å². The molecular weight excluding hydrogens is 909 g/mol. The largest absolute Gasteiger partial charge is 0.462 e. The van der Waals surface area contributed by atoms with Crippen molar-refractivity contribution in [1.82, 2.24) is 0 Å². The Labute approximate surface area is 426 Å². The number of aliphatic hydroxyl groups excluding tert-OH is 3. The van der Waals surface area contributed by atoms with Gasteiger partial charge in [-0.2, -0.15) is 8.42 Å². The fraction of sp³-hybridized carbons (Fsp3) is 0.825. The average molecular weight is 1010 g/mol. The zero-order chi connectivity index (χ0) is 51.2. The fourth-order valence-corrected chi connectivity index (χ4v) is 9.30. The zero-order valence-corrected chi connectivity index (χ0v) is 44.9. The van der Waals surface area contributed by atoms with Crippen molar-refractivity contribution in [2.24, 2.45) is 0 Å². The van der Waals surface area contributed by atoms with Crippen LogP contribution in [0.2, 0.25) is 0 Å². The Morgan fingerprint density at radius 3 is 1.34 bits per heavy atom. The van der Waals surface area contributed by atoms with E-state index >= 15 is 0 Å². The summed E-state index contributed by atoms with van der Waals surface area (Å²) in [6.07, 6.45) is 48.7. The first-order chi connectivity index (χ1) is 34.0. The molecule has 0 radical (unpaired) electrons. The third kappa shape index (κ3) is 40.1. The summed E-state index contributed by atoms with van der Waals surface area (Å²) in [5.74, 6) is -1.99. The van der Waals surface area contributed by atoms with E-state index in [0.29, 0.717) is 12.8 Å². The van der Waals surface area contributed by atoms with Gasteiger partial charge in [0.25, 0.3) is 10.1 Å². The van der Waals surface area contributed by atoms with Crippen LogP contribution in [0.4, 0.5) is 0 Å². The minimum Gasteiger partial charge on any atom is -0.462 e. The van der Waals surface area contributed by atoms with Crippen molar-refractivity contribution in [1.29, 1.82) is 0 Å². The van der Waals surface area contributed by atoms with Crippen LogP contribution in [0.3, 0.4) is 0 Å². The van der Waals surface area contributed by atoms with Gasteiger partial charge >= 0.3 is 11.9 Å². The van der Waals surface area contributed by atoms with E-state index in [0.717, 1.165) is 83.5 Å². The van der Waals surface area contributed by atoms with Crippen molar-refractivity contribution in [3.63, 3.8) is 0 Å². The average Bonchev–Trinajstić information content (AvgIpc) is 3.33. The Morgan fingerprint density at radius 1 is 0.500 bits per heavy atom. The molecule has 1 saturated heterocycles. The van der Waals surface area contributed by atoms with Crippen molar-refractivity contribution in [2.45, 2.75) is 282 Å². The van der Waals surface area contributed by atoms with Crippen LogP contribution in [-0.4, -0.2) is 96.0 Å². The number of esters is 2. The van der Waals surface area contributed by atoms with Gasteiger partial charge in [-0.25, -0.2) is 0 Å². The first-order valence-corrected chi connectivity index (χ1v) is 29.8. The van der Waals surface area contributed by atoms with Gasteiger partial charge in [0.1, 0.15) is 36.8 Å². The van der Waals surface area contributed by atoms with Crippen molar-refractivity contribution in [3.05, 3.63) is 48.6 Å². The van der Waals surface area contributed by atoms with Crippen LogP contribution in [0, 0.1) is 0 Å². The van der Waals surface area contributed by atoms with E-state index < -0.39 is 71.2 Å².